The van der Waals surface area contributed by atoms with E-state index in [0.717, 1.165) is 28.8 Å². The highest BCUT2D eigenvalue weighted by molar-refractivity contribution is 7.14. The molecule has 1 amide bonds. The molecular weight excluding hydrogens is 360 g/mol. The molecule has 3 aromatic rings. The van der Waals surface area contributed by atoms with E-state index in [1.807, 2.05) is 29.6 Å². The number of hydrogen-bond acceptors (Lipinski definition) is 6. The average molecular weight is 380 g/mol. The van der Waals surface area contributed by atoms with Crippen molar-refractivity contribution in [3.05, 3.63) is 36.0 Å². The molecule has 0 unspecified atom stereocenters. The molecule has 27 heavy (non-hydrogen) atoms. The van der Waals surface area contributed by atoms with Crippen molar-refractivity contribution >= 4 is 22.4 Å². The van der Waals surface area contributed by atoms with Gasteiger partial charge in [0.25, 0.3) is 0 Å². The van der Waals surface area contributed by atoms with Gasteiger partial charge in [0.15, 0.2) is 5.13 Å². The number of benzene rings is 1. The quantitative estimate of drug-likeness (QED) is 0.677. The highest BCUT2D eigenvalue weighted by atomic mass is 32.1. The largest absolute Gasteiger partial charge is 0.302 e. The van der Waals surface area contributed by atoms with Crippen LogP contribution in [0, 0.1) is 17.8 Å². The van der Waals surface area contributed by atoms with Gasteiger partial charge in [0.1, 0.15) is 6.33 Å². The van der Waals surface area contributed by atoms with E-state index in [1.54, 1.807) is 11.0 Å². The lowest BCUT2D eigenvalue weighted by atomic mass is 9.94. The van der Waals surface area contributed by atoms with E-state index in [1.165, 1.54) is 37.0 Å². The van der Waals surface area contributed by atoms with E-state index in [9.17, 15) is 4.79 Å². The Morgan fingerprint density at radius 1 is 1.26 bits per heavy atom. The second-order valence-electron chi connectivity index (χ2n) is 7.43. The fourth-order valence-electron chi connectivity index (χ4n) is 3.70. The summed E-state index contributed by atoms with van der Waals surface area (Å²) in [7, 11) is 0. The van der Waals surface area contributed by atoms with Crippen LogP contribution in [0.25, 0.3) is 16.9 Å². The zero-order valence-electron chi connectivity index (χ0n) is 14.8. The number of carbonyl (C=O) groups excluding carboxylic acids is 1. The first-order chi connectivity index (χ1) is 13.3. The Morgan fingerprint density at radius 2 is 2.07 bits per heavy atom. The van der Waals surface area contributed by atoms with Gasteiger partial charge in [-0.25, -0.2) is 9.67 Å². The molecule has 2 fully saturated rings. The van der Waals surface area contributed by atoms with Crippen LogP contribution < -0.4 is 5.32 Å². The zero-order valence-corrected chi connectivity index (χ0v) is 15.6. The number of rotatable bonds is 7. The third kappa shape index (κ3) is 3.75. The lowest BCUT2D eigenvalue weighted by Gasteiger charge is -2.14. The molecule has 0 radical (unpaired) electrons. The summed E-state index contributed by atoms with van der Waals surface area (Å²) in [5.74, 6) is 2.24. The third-order valence-electron chi connectivity index (χ3n) is 5.38. The van der Waals surface area contributed by atoms with E-state index in [-0.39, 0.29) is 5.91 Å². The molecule has 1 aromatic carbocycles. The van der Waals surface area contributed by atoms with Gasteiger partial charge in [0.05, 0.1) is 11.4 Å². The topological polar surface area (TPSA) is 85.6 Å². The van der Waals surface area contributed by atoms with Gasteiger partial charge in [-0.05, 0) is 66.0 Å². The monoisotopic (exact) mass is 380 g/mol. The number of tetrazole rings is 1. The molecule has 0 aliphatic heterocycles. The van der Waals surface area contributed by atoms with Crippen LogP contribution in [0.1, 0.15) is 32.1 Å². The van der Waals surface area contributed by atoms with Crippen molar-refractivity contribution < 1.29 is 4.79 Å². The van der Waals surface area contributed by atoms with Gasteiger partial charge in [0, 0.05) is 17.4 Å². The van der Waals surface area contributed by atoms with Crippen LogP contribution in [0.4, 0.5) is 5.13 Å². The fourth-order valence-corrected chi connectivity index (χ4v) is 4.44. The summed E-state index contributed by atoms with van der Waals surface area (Å²) in [6.07, 6.45) is 7.39. The molecule has 2 aliphatic carbocycles. The summed E-state index contributed by atoms with van der Waals surface area (Å²) in [5.41, 5.74) is 2.67. The van der Waals surface area contributed by atoms with E-state index < -0.39 is 0 Å². The van der Waals surface area contributed by atoms with Crippen molar-refractivity contribution in [1.82, 2.24) is 25.2 Å². The lowest BCUT2D eigenvalue weighted by molar-refractivity contribution is -0.117. The number of thiazole rings is 1. The minimum atomic E-state index is 0.0992. The molecule has 0 bridgehead atoms. The van der Waals surface area contributed by atoms with E-state index in [2.05, 4.69) is 25.8 Å². The van der Waals surface area contributed by atoms with Crippen molar-refractivity contribution in [2.45, 2.75) is 32.1 Å². The Kier molecular flexibility index (Phi) is 4.20. The number of amides is 1. The van der Waals surface area contributed by atoms with Crippen LogP contribution >= 0.6 is 11.3 Å². The standard InChI is InChI=1S/C19H20N6OS/c26-18(9-16(12-4-5-12)13-6-7-13)22-19-21-17(10-27-19)14-2-1-3-15(8-14)25-11-20-23-24-25/h1-3,8,10-13,16H,4-7,9H2,(H,21,22,26). The molecule has 0 saturated heterocycles. The highest BCUT2D eigenvalue weighted by Gasteiger charge is 2.42. The predicted octanol–water partition coefficient (Wildman–Crippen LogP) is 3.55. The highest BCUT2D eigenvalue weighted by Crippen LogP contribution is 2.50. The van der Waals surface area contributed by atoms with Crippen LogP contribution in [-0.2, 0) is 4.79 Å². The molecule has 5 rings (SSSR count). The van der Waals surface area contributed by atoms with E-state index in [4.69, 9.17) is 0 Å². The van der Waals surface area contributed by atoms with Crippen molar-refractivity contribution in [3.8, 4) is 16.9 Å². The molecule has 138 valence electrons. The summed E-state index contributed by atoms with van der Waals surface area (Å²) in [5, 5.41) is 16.9. The Bertz CT molecular complexity index is 933. The van der Waals surface area contributed by atoms with Crippen molar-refractivity contribution in [1.29, 1.82) is 0 Å². The second-order valence-corrected chi connectivity index (χ2v) is 8.29. The third-order valence-corrected chi connectivity index (χ3v) is 6.14. The van der Waals surface area contributed by atoms with Gasteiger partial charge < -0.3 is 5.32 Å². The van der Waals surface area contributed by atoms with Crippen molar-refractivity contribution in [3.63, 3.8) is 0 Å². The minimum absolute atomic E-state index is 0.0992. The smallest absolute Gasteiger partial charge is 0.226 e. The molecular formula is C19H20N6OS. The maximum absolute atomic E-state index is 12.5. The van der Waals surface area contributed by atoms with Crippen molar-refractivity contribution in [2.75, 3.05) is 5.32 Å². The van der Waals surface area contributed by atoms with Crippen LogP contribution in [-0.4, -0.2) is 31.1 Å². The first kappa shape index (κ1) is 16.6. The molecule has 2 aromatic heterocycles. The Hall–Kier alpha value is -2.61. The summed E-state index contributed by atoms with van der Waals surface area (Å²) < 4.78 is 1.61. The average Bonchev–Trinajstić information content (AvgIpc) is 3.60. The van der Waals surface area contributed by atoms with Gasteiger partial charge in [-0.1, -0.05) is 12.1 Å². The summed E-state index contributed by atoms with van der Waals surface area (Å²) in [6.45, 7) is 0. The normalized spacial score (nSPS) is 16.6. The predicted molar refractivity (Wildman–Crippen MR) is 102 cm³/mol. The van der Waals surface area contributed by atoms with Gasteiger partial charge in [-0.15, -0.1) is 16.4 Å². The number of carbonyl (C=O) groups is 1. The van der Waals surface area contributed by atoms with Gasteiger partial charge in [-0.2, -0.15) is 0 Å². The zero-order chi connectivity index (χ0) is 18.2. The lowest BCUT2D eigenvalue weighted by Crippen LogP contribution is -2.19. The minimum Gasteiger partial charge on any atom is -0.302 e. The summed E-state index contributed by atoms with van der Waals surface area (Å²) in [6, 6.07) is 7.85. The van der Waals surface area contributed by atoms with Crippen LogP contribution in [0.5, 0.6) is 0 Å². The number of anilines is 1. The SMILES string of the molecule is O=C(CC(C1CC1)C1CC1)Nc1nc(-c2cccc(-n3cnnn3)c2)cs1. The molecule has 1 N–H and O–H groups in total. The summed E-state index contributed by atoms with van der Waals surface area (Å²) in [4.78, 5) is 17.1. The van der Waals surface area contributed by atoms with Gasteiger partial charge in [0.2, 0.25) is 5.91 Å². The fraction of sp³-hybridized carbons (Fsp3) is 0.421. The molecule has 0 spiro atoms. The summed E-state index contributed by atoms with van der Waals surface area (Å²) >= 11 is 1.46. The van der Waals surface area contributed by atoms with Crippen molar-refractivity contribution in [2.24, 2.45) is 17.8 Å². The molecule has 2 heterocycles. The van der Waals surface area contributed by atoms with E-state index in [0.29, 0.717) is 17.5 Å². The molecule has 2 aliphatic rings. The Labute approximate surface area is 160 Å². The molecule has 7 nitrogen and oxygen atoms in total. The Balaban J connectivity index is 1.27. The number of aromatic nitrogens is 5. The Morgan fingerprint density at radius 3 is 2.78 bits per heavy atom. The number of hydrogen-bond donors (Lipinski definition) is 1. The maximum atomic E-state index is 12.5. The van der Waals surface area contributed by atoms with E-state index >= 15 is 0 Å². The number of nitrogens with zero attached hydrogens (tertiary/aromatic N) is 5. The van der Waals surface area contributed by atoms with Gasteiger partial charge in [-0.3, -0.25) is 4.79 Å². The maximum Gasteiger partial charge on any atom is 0.226 e. The molecule has 8 heteroatoms. The first-order valence-electron chi connectivity index (χ1n) is 9.35. The second kappa shape index (κ2) is 6.84. The molecule has 2 saturated carbocycles. The first-order valence-corrected chi connectivity index (χ1v) is 10.2. The van der Waals surface area contributed by atoms with Crippen LogP contribution in [0.3, 0.4) is 0 Å². The van der Waals surface area contributed by atoms with Crippen LogP contribution in [0.2, 0.25) is 0 Å². The van der Waals surface area contributed by atoms with Crippen LogP contribution in [0.15, 0.2) is 36.0 Å². The van der Waals surface area contributed by atoms with Gasteiger partial charge >= 0.3 is 0 Å². The number of nitrogens with one attached hydrogen (secondary N) is 1. The molecule has 0 atom stereocenters.